The maximum atomic E-state index is 13.6. The van der Waals surface area contributed by atoms with Crippen molar-refractivity contribution in [3.05, 3.63) is 47.7 Å². The first-order valence-electron chi connectivity index (χ1n) is 12.5. The molecule has 0 saturated heterocycles. The zero-order chi connectivity index (χ0) is 27.4. The maximum absolute atomic E-state index is 13.6. The third-order valence-corrected chi connectivity index (χ3v) is 7.02. The highest BCUT2D eigenvalue weighted by Gasteiger charge is 2.40. The number of fused-ring (bicyclic) bond motifs is 1. The predicted molar refractivity (Wildman–Crippen MR) is 144 cm³/mol. The Morgan fingerprint density at radius 3 is 2.22 bits per heavy atom. The number of aliphatic carboxylic acids is 1. The molecule has 1 aromatic heterocycles. The second kappa shape index (κ2) is 11.7. The molecule has 0 aliphatic heterocycles. The number of carbonyl (C=O) groups excluding carboxylic acids is 2. The van der Waals surface area contributed by atoms with E-state index in [1.54, 1.807) is 25.1 Å². The summed E-state index contributed by atoms with van der Waals surface area (Å²) in [7, 11) is 3.40. The van der Waals surface area contributed by atoms with E-state index in [1.807, 2.05) is 72.0 Å². The number of likely N-dealkylation sites (N-methyl/N-ethyl adjacent to an activating group) is 2. The number of carboxylic acids is 1. The first-order valence-corrected chi connectivity index (χ1v) is 12.5. The SMILES string of the molecule is CNC(C(=O)N[C@H](C(=O)N(C)[C@H](/C=C(\C)C(=O)O)C(C)C)C(C)C)C(C)(C)c1c[nH]c2ccccc12. The highest BCUT2D eigenvalue weighted by molar-refractivity contribution is 5.92. The average Bonchev–Trinajstić information content (AvgIpc) is 3.24. The third kappa shape index (κ3) is 6.16. The van der Waals surface area contributed by atoms with E-state index in [0.29, 0.717) is 0 Å². The molecule has 2 rings (SSSR count). The molecule has 8 heteroatoms. The molecule has 8 nitrogen and oxygen atoms in total. The number of nitrogens with zero attached hydrogens (tertiary/aromatic N) is 1. The monoisotopic (exact) mass is 498 g/mol. The zero-order valence-corrected chi connectivity index (χ0v) is 23.0. The van der Waals surface area contributed by atoms with E-state index in [0.717, 1.165) is 16.5 Å². The summed E-state index contributed by atoms with van der Waals surface area (Å²) in [4.78, 5) is 43.4. The number of rotatable bonds is 11. The third-order valence-electron chi connectivity index (χ3n) is 7.02. The lowest BCUT2D eigenvalue weighted by Crippen LogP contribution is -2.59. The van der Waals surface area contributed by atoms with Crippen LogP contribution in [0.25, 0.3) is 10.9 Å². The van der Waals surface area contributed by atoms with Crippen molar-refractivity contribution in [1.82, 2.24) is 20.5 Å². The van der Waals surface area contributed by atoms with Crippen molar-refractivity contribution in [2.75, 3.05) is 14.1 Å². The fourth-order valence-electron chi connectivity index (χ4n) is 4.78. The molecular formula is C28H42N4O4. The summed E-state index contributed by atoms with van der Waals surface area (Å²) in [6.45, 7) is 13.2. The van der Waals surface area contributed by atoms with Crippen LogP contribution in [0.15, 0.2) is 42.1 Å². The van der Waals surface area contributed by atoms with Gasteiger partial charge in [0.05, 0.1) is 12.1 Å². The minimum absolute atomic E-state index is 0.0115. The van der Waals surface area contributed by atoms with Gasteiger partial charge in [-0.15, -0.1) is 0 Å². The largest absolute Gasteiger partial charge is 0.478 e. The molecule has 1 unspecified atom stereocenters. The van der Waals surface area contributed by atoms with Crippen molar-refractivity contribution < 1.29 is 19.5 Å². The van der Waals surface area contributed by atoms with Crippen LogP contribution in [0, 0.1) is 11.8 Å². The summed E-state index contributed by atoms with van der Waals surface area (Å²) >= 11 is 0. The number of carbonyl (C=O) groups is 3. The van der Waals surface area contributed by atoms with E-state index >= 15 is 0 Å². The molecule has 198 valence electrons. The molecule has 0 fully saturated rings. The first-order chi connectivity index (χ1) is 16.7. The number of aromatic nitrogens is 1. The molecule has 2 amide bonds. The minimum atomic E-state index is -1.02. The van der Waals surface area contributed by atoms with Gasteiger partial charge in [-0.2, -0.15) is 0 Å². The summed E-state index contributed by atoms with van der Waals surface area (Å²) in [6.07, 6.45) is 3.53. The van der Waals surface area contributed by atoms with Crippen LogP contribution in [0.5, 0.6) is 0 Å². The van der Waals surface area contributed by atoms with Crippen molar-refractivity contribution in [3.63, 3.8) is 0 Å². The number of H-pyrrole nitrogens is 1. The fourth-order valence-corrected chi connectivity index (χ4v) is 4.78. The molecule has 1 heterocycles. The Kier molecular flexibility index (Phi) is 9.49. The Morgan fingerprint density at radius 2 is 1.69 bits per heavy atom. The van der Waals surface area contributed by atoms with Gasteiger partial charge in [-0.05, 0) is 37.4 Å². The van der Waals surface area contributed by atoms with Crippen LogP contribution in [0.2, 0.25) is 0 Å². The Morgan fingerprint density at radius 1 is 1.08 bits per heavy atom. The fraction of sp³-hybridized carbons (Fsp3) is 0.536. The zero-order valence-electron chi connectivity index (χ0n) is 23.0. The van der Waals surface area contributed by atoms with Gasteiger partial charge >= 0.3 is 5.97 Å². The van der Waals surface area contributed by atoms with E-state index in [2.05, 4.69) is 15.6 Å². The van der Waals surface area contributed by atoms with Gasteiger partial charge in [0, 0.05) is 35.1 Å². The maximum Gasteiger partial charge on any atom is 0.331 e. The standard InChI is InChI=1S/C28H42N4O4/c1-16(2)22(14-18(5)27(35)36)32(9)26(34)23(17(3)4)31-25(33)24(29-8)28(6,7)20-15-30-21-13-11-10-12-19(20)21/h10-17,22-24,29-30H,1-9H3,(H,31,33)(H,35,36)/b18-14+/t22-,23+,24?/m1/s1. The number of amides is 2. The van der Waals surface area contributed by atoms with Gasteiger partial charge in [0.25, 0.3) is 0 Å². The predicted octanol–water partition coefficient (Wildman–Crippen LogP) is 3.69. The highest BCUT2D eigenvalue weighted by Crippen LogP contribution is 2.33. The van der Waals surface area contributed by atoms with Gasteiger partial charge in [0.15, 0.2) is 0 Å². The summed E-state index contributed by atoms with van der Waals surface area (Å²) in [5.41, 5.74) is 1.59. The molecule has 2 aromatic rings. The van der Waals surface area contributed by atoms with Crippen LogP contribution in [0.4, 0.5) is 0 Å². The number of aromatic amines is 1. The Bertz CT molecular complexity index is 1120. The first kappa shape index (κ1) is 29.1. The van der Waals surface area contributed by atoms with Crippen molar-refractivity contribution in [2.45, 2.75) is 72.0 Å². The number of para-hydroxylation sites is 1. The van der Waals surface area contributed by atoms with E-state index in [9.17, 15) is 19.5 Å². The van der Waals surface area contributed by atoms with E-state index < -0.39 is 29.5 Å². The topological polar surface area (TPSA) is 115 Å². The van der Waals surface area contributed by atoms with Crippen LogP contribution >= 0.6 is 0 Å². The van der Waals surface area contributed by atoms with Gasteiger partial charge in [-0.25, -0.2) is 4.79 Å². The van der Waals surface area contributed by atoms with E-state index in [-0.39, 0.29) is 29.2 Å². The smallest absolute Gasteiger partial charge is 0.331 e. The molecule has 0 aliphatic carbocycles. The Hall–Kier alpha value is -3.13. The molecule has 0 radical (unpaired) electrons. The quantitative estimate of drug-likeness (QED) is 0.353. The highest BCUT2D eigenvalue weighted by atomic mass is 16.4. The summed E-state index contributed by atoms with van der Waals surface area (Å²) in [5.74, 6) is -1.73. The lowest BCUT2D eigenvalue weighted by atomic mass is 9.77. The molecule has 0 bridgehead atoms. The summed E-state index contributed by atoms with van der Waals surface area (Å²) < 4.78 is 0. The van der Waals surface area contributed by atoms with Crippen molar-refractivity contribution >= 4 is 28.7 Å². The number of carboxylic acid groups (broad SMARTS) is 1. The van der Waals surface area contributed by atoms with Crippen LogP contribution in [-0.2, 0) is 19.8 Å². The molecule has 0 spiro atoms. The average molecular weight is 499 g/mol. The molecule has 0 saturated carbocycles. The van der Waals surface area contributed by atoms with Crippen molar-refractivity contribution in [2.24, 2.45) is 11.8 Å². The molecule has 0 aliphatic rings. The molecule has 4 N–H and O–H groups in total. The van der Waals surface area contributed by atoms with E-state index in [1.165, 1.54) is 6.92 Å². The number of benzene rings is 1. The van der Waals surface area contributed by atoms with Gasteiger partial charge in [-0.3, -0.25) is 9.59 Å². The van der Waals surface area contributed by atoms with Gasteiger partial charge in [-0.1, -0.05) is 65.8 Å². The second-order valence-corrected chi connectivity index (χ2v) is 10.8. The van der Waals surface area contributed by atoms with Gasteiger partial charge in [0.2, 0.25) is 11.8 Å². The Labute approximate surface area is 214 Å². The normalized spacial score (nSPS) is 15.1. The van der Waals surface area contributed by atoms with E-state index in [4.69, 9.17) is 0 Å². The number of hydrogen-bond acceptors (Lipinski definition) is 4. The van der Waals surface area contributed by atoms with Crippen LogP contribution in [-0.4, -0.2) is 65.0 Å². The molecule has 1 aromatic carbocycles. The number of nitrogens with one attached hydrogen (secondary N) is 3. The molecule has 36 heavy (non-hydrogen) atoms. The van der Waals surface area contributed by atoms with Crippen LogP contribution in [0.3, 0.4) is 0 Å². The van der Waals surface area contributed by atoms with Crippen LogP contribution < -0.4 is 10.6 Å². The lowest BCUT2D eigenvalue weighted by molar-refractivity contribution is -0.139. The summed E-state index contributed by atoms with van der Waals surface area (Å²) in [5, 5.41) is 16.5. The van der Waals surface area contributed by atoms with Gasteiger partial charge in [0.1, 0.15) is 6.04 Å². The minimum Gasteiger partial charge on any atom is -0.478 e. The lowest BCUT2D eigenvalue weighted by Gasteiger charge is -2.37. The Balaban J connectivity index is 2.34. The second-order valence-electron chi connectivity index (χ2n) is 10.8. The summed E-state index contributed by atoms with van der Waals surface area (Å²) in [6, 6.07) is 6.17. The number of hydrogen-bond donors (Lipinski definition) is 4. The molecular weight excluding hydrogens is 456 g/mol. The van der Waals surface area contributed by atoms with Gasteiger partial charge < -0.3 is 25.6 Å². The molecule has 3 atom stereocenters. The van der Waals surface area contributed by atoms with Crippen molar-refractivity contribution in [3.8, 4) is 0 Å². The van der Waals surface area contributed by atoms with Crippen molar-refractivity contribution in [1.29, 1.82) is 0 Å². The van der Waals surface area contributed by atoms with Crippen LogP contribution in [0.1, 0.15) is 54.0 Å².